The summed E-state index contributed by atoms with van der Waals surface area (Å²) in [6.07, 6.45) is 0. The van der Waals surface area contributed by atoms with E-state index in [4.69, 9.17) is 5.73 Å². The minimum absolute atomic E-state index is 0.238. The number of benzene rings is 2. The van der Waals surface area contributed by atoms with Gasteiger partial charge in [-0.3, -0.25) is 0 Å². The second-order valence-electron chi connectivity index (χ2n) is 4.78. The maximum absolute atomic E-state index is 13.6. The Hall–Kier alpha value is -1.39. The fraction of sp³-hybridized carbons (Fsp3) is 0.250. The highest BCUT2D eigenvalue weighted by atomic mass is 32.2. The van der Waals surface area contributed by atoms with E-state index >= 15 is 0 Å². The molecule has 2 aromatic carbocycles. The quantitative estimate of drug-likeness (QED) is 0.894. The van der Waals surface area contributed by atoms with Crippen LogP contribution in [0.25, 0.3) is 0 Å². The Bertz CT molecular complexity index is 586. The van der Waals surface area contributed by atoms with Crippen molar-refractivity contribution in [1.29, 1.82) is 0 Å². The maximum Gasteiger partial charge on any atom is 0.128 e. The highest BCUT2D eigenvalue weighted by Gasteiger charge is 2.12. The normalized spacial score (nSPS) is 12.4. The Morgan fingerprint density at radius 3 is 2.70 bits per heavy atom. The molecule has 1 unspecified atom stereocenters. The van der Waals surface area contributed by atoms with Crippen molar-refractivity contribution >= 4 is 11.8 Å². The summed E-state index contributed by atoms with van der Waals surface area (Å²) in [5.74, 6) is 0.455. The van der Waals surface area contributed by atoms with Gasteiger partial charge in [-0.15, -0.1) is 0 Å². The van der Waals surface area contributed by atoms with Crippen molar-refractivity contribution in [2.75, 3.05) is 5.75 Å². The molecule has 2 N–H and O–H groups in total. The van der Waals surface area contributed by atoms with Crippen LogP contribution in [0.15, 0.2) is 42.5 Å². The molecule has 0 heterocycles. The van der Waals surface area contributed by atoms with Crippen molar-refractivity contribution in [3.63, 3.8) is 0 Å². The third-order valence-electron chi connectivity index (χ3n) is 3.01. The lowest BCUT2D eigenvalue weighted by Crippen LogP contribution is -2.15. The molecule has 0 bridgehead atoms. The minimum Gasteiger partial charge on any atom is -0.323 e. The third kappa shape index (κ3) is 4.05. The van der Waals surface area contributed by atoms with Gasteiger partial charge in [0.05, 0.1) is 0 Å². The minimum atomic E-state index is -0.500. The Morgan fingerprint density at radius 1 is 1.15 bits per heavy atom. The fourth-order valence-corrected chi connectivity index (χ4v) is 2.96. The number of hydrogen-bond acceptors (Lipinski definition) is 2. The summed E-state index contributed by atoms with van der Waals surface area (Å²) < 4.78 is 26.7. The molecule has 1 atom stereocenters. The van der Waals surface area contributed by atoms with Crippen molar-refractivity contribution in [3.05, 3.63) is 70.8 Å². The molecular weight excluding hydrogens is 276 g/mol. The second kappa shape index (κ2) is 6.86. The van der Waals surface area contributed by atoms with Gasteiger partial charge in [0.1, 0.15) is 11.6 Å². The van der Waals surface area contributed by atoms with Gasteiger partial charge < -0.3 is 5.73 Å². The molecule has 0 aliphatic rings. The SMILES string of the molecule is Cc1cccc(CSCC(N)c2cc(F)ccc2F)c1. The topological polar surface area (TPSA) is 26.0 Å². The van der Waals surface area contributed by atoms with Crippen LogP contribution in [0.1, 0.15) is 22.7 Å². The van der Waals surface area contributed by atoms with E-state index in [2.05, 4.69) is 6.07 Å². The number of hydrogen-bond donors (Lipinski definition) is 1. The average Bonchev–Trinajstić information content (AvgIpc) is 2.41. The van der Waals surface area contributed by atoms with E-state index in [1.54, 1.807) is 11.8 Å². The predicted molar refractivity (Wildman–Crippen MR) is 80.6 cm³/mol. The van der Waals surface area contributed by atoms with Crippen LogP contribution in [0.5, 0.6) is 0 Å². The molecule has 2 rings (SSSR count). The summed E-state index contributed by atoms with van der Waals surface area (Å²) >= 11 is 1.62. The summed E-state index contributed by atoms with van der Waals surface area (Å²) in [4.78, 5) is 0. The average molecular weight is 293 g/mol. The molecule has 0 amide bonds. The molecule has 0 saturated carbocycles. The molecule has 1 nitrogen and oxygen atoms in total. The molecule has 0 fully saturated rings. The van der Waals surface area contributed by atoms with Crippen LogP contribution in [0, 0.1) is 18.6 Å². The van der Waals surface area contributed by atoms with Gasteiger partial charge in [-0.1, -0.05) is 29.8 Å². The summed E-state index contributed by atoms with van der Waals surface area (Å²) in [5, 5.41) is 0. The molecule has 0 spiro atoms. The van der Waals surface area contributed by atoms with Crippen molar-refractivity contribution < 1.29 is 8.78 Å². The van der Waals surface area contributed by atoms with E-state index < -0.39 is 17.7 Å². The Morgan fingerprint density at radius 2 is 1.95 bits per heavy atom. The highest BCUT2D eigenvalue weighted by Crippen LogP contribution is 2.22. The molecule has 20 heavy (non-hydrogen) atoms. The predicted octanol–water partition coefficient (Wildman–Crippen LogP) is 4.21. The molecule has 0 aromatic heterocycles. The van der Waals surface area contributed by atoms with Gasteiger partial charge in [-0.05, 0) is 30.7 Å². The van der Waals surface area contributed by atoms with Crippen LogP contribution >= 0.6 is 11.8 Å². The van der Waals surface area contributed by atoms with Crippen molar-refractivity contribution in [2.24, 2.45) is 5.73 Å². The van der Waals surface area contributed by atoms with E-state index in [-0.39, 0.29) is 5.56 Å². The first kappa shape index (κ1) is 15.0. The molecule has 106 valence electrons. The van der Waals surface area contributed by atoms with Gasteiger partial charge in [0, 0.05) is 23.1 Å². The molecule has 2 aromatic rings. The Kier molecular flexibility index (Phi) is 5.15. The molecule has 0 aliphatic heterocycles. The van der Waals surface area contributed by atoms with Crippen molar-refractivity contribution in [3.8, 4) is 0 Å². The van der Waals surface area contributed by atoms with Gasteiger partial charge in [0.25, 0.3) is 0 Å². The highest BCUT2D eigenvalue weighted by molar-refractivity contribution is 7.98. The first-order chi connectivity index (χ1) is 9.56. The number of halogens is 2. The van der Waals surface area contributed by atoms with Crippen LogP contribution in [0.2, 0.25) is 0 Å². The zero-order chi connectivity index (χ0) is 14.5. The standard InChI is InChI=1S/C16H17F2NS/c1-11-3-2-4-12(7-11)9-20-10-16(19)14-8-13(17)5-6-15(14)18/h2-8,16H,9-10,19H2,1H3. The largest absolute Gasteiger partial charge is 0.323 e. The van der Waals surface area contributed by atoms with Crippen LogP contribution in [0.3, 0.4) is 0 Å². The summed E-state index contributed by atoms with van der Waals surface area (Å²) in [7, 11) is 0. The second-order valence-corrected chi connectivity index (χ2v) is 5.81. The summed E-state index contributed by atoms with van der Waals surface area (Å²) in [6, 6.07) is 11.1. The first-order valence-electron chi connectivity index (χ1n) is 6.40. The van der Waals surface area contributed by atoms with Crippen LogP contribution in [-0.2, 0) is 5.75 Å². The van der Waals surface area contributed by atoms with Gasteiger partial charge in [-0.2, -0.15) is 11.8 Å². The summed E-state index contributed by atoms with van der Waals surface area (Å²) in [5.41, 5.74) is 8.59. The fourth-order valence-electron chi connectivity index (χ4n) is 1.99. The van der Waals surface area contributed by atoms with Gasteiger partial charge in [0.2, 0.25) is 0 Å². The molecule has 0 aliphatic carbocycles. The zero-order valence-electron chi connectivity index (χ0n) is 11.3. The van der Waals surface area contributed by atoms with Gasteiger partial charge >= 0.3 is 0 Å². The van der Waals surface area contributed by atoms with Gasteiger partial charge in [-0.25, -0.2) is 8.78 Å². The van der Waals surface area contributed by atoms with E-state index in [9.17, 15) is 8.78 Å². The van der Waals surface area contributed by atoms with Gasteiger partial charge in [0.15, 0.2) is 0 Å². The zero-order valence-corrected chi connectivity index (χ0v) is 12.1. The van der Waals surface area contributed by atoms with Crippen LogP contribution in [0.4, 0.5) is 8.78 Å². The van der Waals surface area contributed by atoms with E-state index in [1.165, 1.54) is 17.2 Å². The molecular formula is C16H17F2NS. The van der Waals surface area contributed by atoms with Crippen molar-refractivity contribution in [1.82, 2.24) is 0 Å². The lowest BCUT2D eigenvalue weighted by molar-refractivity contribution is 0.573. The first-order valence-corrected chi connectivity index (χ1v) is 7.55. The molecule has 0 radical (unpaired) electrons. The lowest BCUT2D eigenvalue weighted by Gasteiger charge is -2.13. The molecule has 0 saturated heterocycles. The number of thioether (sulfide) groups is 1. The third-order valence-corrected chi connectivity index (χ3v) is 4.14. The van der Waals surface area contributed by atoms with E-state index in [0.717, 1.165) is 17.9 Å². The van der Waals surface area contributed by atoms with Crippen LogP contribution < -0.4 is 5.73 Å². The van der Waals surface area contributed by atoms with Crippen molar-refractivity contribution in [2.45, 2.75) is 18.7 Å². The number of rotatable bonds is 5. The van der Waals surface area contributed by atoms with Crippen LogP contribution in [-0.4, -0.2) is 5.75 Å². The Balaban J connectivity index is 1.92. The summed E-state index contributed by atoms with van der Waals surface area (Å²) in [6.45, 7) is 2.04. The monoisotopic (exact) mass is 293 g/mol. The van der Waals surface area contributed by atoms with E-state index in [1.807, 2.05) is 25.1 Å². The Labute approximate surface area is 122 Å². The molecule has 4 heteroatoms. The number of aryl methyl sites for hydroxylation is 1. The smallest absolute Gasteiger partial charge is 0.128 e. The lowest BCUT2D eigenvalue weighted by atomic mass is 10.1. The maximum atomic E-state index is 13.6. The van der Waals surface area contributed by atoms with E-state index in [0.29, 0.717) is 5.75 Å². The number of nitrogens with two attached hydrogens (primary N) is 1.